The summed E-state index contributed by atoms with van der Waals surface area (Å²) in [6.07, 6.45) is 11.3. The molecule has 0 saturated heterocycles. The van der Waals surface area contributed by atoms with E-state index in [1.54, 1.807) is 0 Å². The van der Waals surface area contributed by atoms with Gasteiger partial charge in [0, 0.05) is 5.92 Å². The van der Waals surface area contributed by atoms with E-state index in [1.165, 1.54) is 38.5 Å². The van der Waals surface area contributed by atoms with Crippen molar-refractivity contribution in [2.24, 2.45) is 5.92 Å². The third kappa shape index (κ3) is 9.31. The highest BCUT2D eigenvalue weighted by Gasteiger charge is 2.35. The quantitative estimate of drug-likeness (QED) is 0.232. The molecule has 0 rings (SSSR count). The summed E-state index contributed by atoms with van der Waals surface area (Å²) in [5, 5.41) is 0. The van der Waals surface area contributed by atoms with E-state index in [0.717, 1.165) is 6.42 Å². The van der Waals surface area contributed by atoms with Gasteiger partial charge in [-0.05, 0) is 41.0 Å². The summed E-state index contributed by atoms with van der Waals surface area (Å²) in [7, 11) is 0. The van der Waals surface area contributed by atoms with Gasteiger partial charge in [0.15, 0.2) is 5.79 Å². The van der Waals surface area contributed by atoms with Gasteiger partial charge in [0.25, 0.3) is 0 Å². The molecule has 0 aliphatic rings. The first-order valence-corrected chi connectivity index (χ1v) is 8.83. The minimum atomic E-state index is -0.562. The fourth-order valence-corrected chi connectivity index (χ4v) is 2.88. The van der Waals surface area contributed by atoms with Crippen LogP contribution in [0.4, 0.5) is 0 Å². The van der Waals surface area contributed by atoms with Crippen molar-refractivity contribution >= 4 is 0 Å². The lowest BCUT2D eigenvalue weighted by Gasteiger charge is -2.39. The molecule has 0 radical (unpaired) electrons. The van der Waals surface area contributed by atoms with Crippen LogP contribution in [-0.4, -0.2) is 18.0 Å². The normalized spacial score (nSPS) is 13.9. The average Bonchev–Trinajstić information content (AvgIpc) is 2.35. The van der Waals surface area contributed by atoms with Crippen molar-refractivity contribution in [3.63, 3.8) is 0 Å². The zero-order valence-electron chi connectivity index (χ0n) is 15.3. The molecule has 0 amide bonds. The molecule has 21 heavy (non-hydrogen) atoms. The average molecular weight is 299 g/mol. The summed E-state index contributed by atoms with van der Waals surface area (Å²) in [5.74, 6) is -0.318. The molecule has 0 aromatic rings. The fraction of sp³-hybridized carbons (Fsp3) is 0.895. The fourth-order valence-electron chi connectivity index (χ4n) is 2.88. The highest BCUT2D eigenvalue weighted by molar-refractivity contribution is 4.90. The lowest BCUT2D eigenvalue weighted by Crippen LogP contribution is -2.43. The van der Waals surface area contributed by atoms with Gasteiger partial charge < -0.3 is 9.47 Å². The van der Waals surface area contributed by atoms with Crippen LogP contribution in [0.15, 0.2) is 12.7 Å². The Morgan fingerprint density at radius 2 is 1.38 bits per heavy atom. The van der Waals surface area contributed by atoms with Crippen LogP contribution in [0.2, 0.25) is 0 Å². The van der Waals surface area contributed by atoms with Crippen molar-refractivity contribution in [1.29, 1.82) is 0 Å². The molecule has 0 spiro atoms. The predicted octanol–water partition coefficient (Wildman–Crippen LogP) is 6.11. The number of hydrogen-bond donors (Lipinski definition) is 0. The number of ether oxygens (including phenoxy) is 2. The maximum Gasteiger partial charge on any atom is 0.172 e. The Hall–Kier alpha value is -0.340. The van der Waals surface area contributed by atoms with Crippen molar-refractivity contribution in [1.82, 2.24) is 0 Å². The second kappa shape index (κ2) is 11.3. The molecule has 0 aromatic heterocycles. The first-order chi connectivity index (χ1) is 9.85. The Balaban J connectivity index is 4.42. The number of rotatable bonds is 13. The minimum absolute atomic E-state index is 0.153. The summed E-state index contributed by atoms with van der Waals surface area (Å²) < 4.78 is 12.2. The monoisotopic (exact) mass is 298 g/mol. The third-order valence-electron chi connectivity index (χ3n) is 3.77. The Labute approximate surface area is 133 Å². The van der Waals surface area contributed by atoms with Gasteiger partial charge in [0.2, 0.25) is 0 Å². The molecule has 2 nitrogen and oxygen atoms in total. The molecule has 0 aliphatic carbocycles. The van der Waals surface area contributed by atoms with Crippen LogP contribution in [0.3, 0.4) is 0 Å². The van der Waals surface area contributed by atoms with E-state index in [2.05, 4.69) is 48.1 Å². The zero-order valence-corrected chi connectivity index (χ0v) is 15.3. The summed E-state index contributed by atoms with van der Waals surface area (Å²) >= 11 is 0. The van der Waals surface area contributed by atoms with Gasteiger partial charge >= 0.3 is 0 Å². The predicted molar refractivity (Wildman–Crippen MR) is 92.5 cm³/mol. The van der Waals surface area contributed by atoms with E-state index in [4.69, 9.17) is 9.47 Å². The highest BCUT2D eigenvalue weighted by Crippen LogP contribution is 2.31. The SMILES string of the molecule is C=CC(CCCCCCCC)C(C)(OC(C)C)OC(C)C. The highest BCUT2D eigenvalue weighted by atomic mass is 16.7. The molecule has 0 aromatic carbocycles. The van der Waals surface area contributed by atoms with Gasteiger partial charge in [-0.3, -0.25) is 0 Å². The molecule has 0 fully saturated rings. The van der Waals surface area contributed by atoms with E-state index in [0.29, 0.717) is 0 Å². The molecule has 0 N–H and O–H groups in total. The van der Waals surface area contributed by atoms with E-state index in [-0.39, 0.29) is 18.1 Å². The molecule has 0 saturated carbocycles. The second-order valence-corrected chi connectivity index (χ2v) is 6.75. The van der Waals surface area contributed by atoms with Crippen LogP contribution >= 0.6 is 0 Å². The molecule has 0 heterocycles. The van der Waals surface area contributed by atoms with Crippen LogP contribution in [0.1, 0.15) is 86.5 Å². The lowest BCUT2D eigenvalue weighted by molar-refractivity contribution is -0.278. The van der Waals surface area contributed by atoms with E-state index in [9.17, 15) is 0 Å². The molecule has 2 heteroatoms. The first kappa shape index (κ1) is 20.7. The number of unbranched alkanes of at least 4 members (excludes halogenated alkanes) is 5. The smallest absolute Gasteiger partial charge is 0.172 e. The van der Waals surface area contributed by atoms with Gasteiger partial charge in [-0.25, -0.2) is 0 Å². The Morgan fingerprint density at radius 3 is 1.81 bits per heavy atom. The molecular weight excluding hydrogens is 260 g/mol. The molecule has 0 bridgehead atoms. The van der Waals surface area contributed by atoms with Crippen LogP contribution in [0.25, 0.3) is 0 Å². The van der Waals surface area contributed by atoms with Crippen LogP contribution in [0, 0.1) is 5.92 Å². The number of hydrogen-bond acceptors (Lipinski definition) is 2. The van der Waals surface area contributed by atoms with E-state index < -0.39 is 5.79 Å². The maximum atomic E-state index is 6.10. The summed E-state index contributed by atoms with van der Waals surface area (Å²) in [6.45, 7) is 16.6. The maximum absolute atomic E-state index is 6.10. The zero-order chi connectivity index (χ0) is 16.3. The third-order valence-corrected chi connectivity index (χ3v) is 3.77. The standard InChI is InChI=1S/C19H38O2/c1-8-10-11-12-13-14-15-18(9-2)19(7,20-16(3)4)21-17(5)6/h9,16-18H,2,8,10-15H2,1,3-7H3. The van der Waals surface area contributed by atoms with E-state index >= 15 is 0 Å². The van der Waals surface area contributed by atoms with Crippen LogP contribution in [0.5, 0.6) is 0 Å². The summed E-state index contributed by atoms with van der Waals surface area (Å²) in [4.78, 5) is 0. The minimum Gasteiger partial charge on any atom is -0.347 e. The molecular formula is C19H38O2. The Kier molecular flexibility index (Phi) is 11.1. The van der Waals surface area contributed by atoms with Crippen LogP contribution in [-0.2, 0) is 9.47 Å². The van der Waals surface area contributed by atoms with Crippen molar-refractivity contribution < 1.29 is 9.47 Å². The summed E-state index contributed by atoms with van der Waals surface area (Å²) in [5.41, 5.74) is 0. The van der Waals surface area contributed by atoms with Crippen molar-refractivity contribution in [2.75, 3.05) is 0 Å². The Bertz CT molecular complexity index is 248. The summed E-state index contributed by atoms with van der Waals surface area (Å²) in [6, 6.07) is 0. The molecule has 1 atom stereocenters. The molecule has 0 aliphatic heterocycles. The molecule has 126 valence electrons. The largest absolute Gasteiger partial charge is 0.347 e. The van der Waals surface area contributed by atoms with Crippen molar-refractivity contribution in [2.45, 2.75) is 104 Å². The van der Waals surface area contributed by atoms with Crippen molar-refractivity contribution in [3.05, 3.63) is 12.7 Å². The second-order valence-electron chi connectivity index (χ2n) is 6.75. The van der Waals surface area contributed by atoms with E-state index in [1.807, 2.05) is 6.08 Å². The van der Waals surface area contributed by atoms with Gasteiger partial charge in [0.1, 0.15) is 0 Å². The van der Waals surface area contributed by atoms with Crippen molar-refractivity contribution in [3.8, 4) is 0 Å². The topological polar surface area (TPSA) is 18.5 Å². The van der Waals surface area contributed by atoms with Crippen LogP contribution < -0.4 is 0 Å². The Morgan fingerprint density at radius 1 is 0.905 bits per heavy atom. The molecule has 1 unspecified atom stereocenters. The van der Waals surface area contributed by atoms with Gasteiger partial charge in [0.05, 0.1) is 12.2 Å². The van der Waals surface area contributed by atoms with Gasteiger partial charge in [-0.1, -0.05) is 51.5 Å². The first-order valence-electron chi connectivity index (χ1n) is 8.83. The van der Waals surface area contributed by atoms with Gasteiger partial charge in [-0.15, -0.1) is 6.58 Å². The lowest BCUT2D eigenvalue weighted by atomic mass is 9.92. The van der Waals surface area contributed by atoms with Gasteiger partial charge in [-0.2, -0.15) is 0 Å².